The number of primary amides is 1. The number of H-pyrrole nitrogens is 1. The van der Waals surface area contributed by atoms with E-state index >= 15 is 0 Å². The lowest BCUT2D eigenvalue weighted by atomic mass is 10.0. The van der Waals surface area contributed by atoms with Gasteiger partial charge in [-0.25, -0.2) is 4.79 Å². The predicted octanol–water partition coefficient (Wildman–Crippen LogP) is -1.41. The quantitative estimate of drug-likeness (QED) is 0.0231. The molecule has 1 aromatic heterocycles. The fraction of sp³-hybridized carbons (Fsp3) is 0.383. The monoisotopic (exact) mass is 971 g/mol. The summed E-state index contributed by atoms with van der Waals surface area (Å²) in [6.07, 6.45) is 1.39. The average Bonchev–Trinajstić information content (AvgIpc) is 3.73. The van der Waals surface area contributed by atoms with Crippen molar-refractivity contribution in [2.75, 3.05) is 18.8 Å². The first-order valence-electron chi connectivity index (χ1n) is 22.3. The number of aliphatic carboxylic acids is 1. The first-order chi connectivity index (χ1) is 33.0. The first-order valence-corrected chi connectivity index (χ1v) is 22.9. The summed E-state index contributed by atoms with van der Waals surface area (Å²) in [6, 6.07) is 15.1. The number of thiol groups is 1. The molecule has 0 aliphatic heterocycles. The van der Waals surface area contributed by atoms with Crippen molar-refractivity contribution in [2.45, 2.75) is 94.2 Å². The number of hydrogen-bond donors (Lipinski definition) is 13. The Hall–Kier alpha value is -7.30. The zero-order valence-electron chi connectivity index (χ0n) is 38.1. The highest BCUT2D eigenvalue weighted by Crippen LogP contribution is 2.19. The number of carboxylic acids is 1. The molecule has 0 fully saturated rings. The molecule has 8 amide bonds. The molecule has 0 saturated heterocycles. The number of para-hydroxylation sites is 1. The molecular formula is C47H61N11O10S. The van der Waals surface area contributed by atoms with Gasteiger partial charge < -0.3 is 64.5 Å². The number of nitrogens with two attached hydrogens (primary N) is 3. The molecule has 22 heteroatoms. The predicted molar refractivity (Wildman–Crippen MR) is 259 cm³/mol. The summed E-state index contributed by atoms with van der Waals surface area (Å²) < 4.78 is 0. The molecule has 0 aliphatic rings. The Morgan fingerprint density at radius 3 is 1.64 bits per heavy atom. The fourth-order valence-electron chi connectivity index (χ4n) is 7.14. The minimum atomic E-state index is -1.69. The number of amides is 8. The maximum atomic E-state index is 14.4. The van der Waals surface area contributed by atoms with E-state index in [0.717, 1.165) is 10.9 Å². The van der Waals surface area contributed by atoms with Crippen molar-refractivity contribution in [3.8, 4) is 0 Å². The number of carbonyl (C=O) groups excluding carboxylic acids is 8. The van der Waals surface area contributed by atoms with Gasteiger partial charge in [0, 0.05) is 42.1 Å². The number of carbonyl (C=O) groups is 9. The van der Waals surface area contributed by atoms with Gasteiger partial charge in [0.25, 0.3) is 0 Å². The summed E-state index contributed by atoms with van der Waals surface area (Å²) in [7, 11) is 0. The third kappa shape index (κ3) is 17.7. The highest BCUT2D eigenvalue weighted by molar-refractivity contribution is 7.80. The summed E-state index contributed by atoms with van der Waals surface area (Å²) in [5, 5.41) is 28.6. The van der Waals surface area contributed by atoms with E-state index in [0.29, 0.717) is 29.5 Å². The SMILES string of the molecule is CC(N)C(=O)NCC(=O)NC(CS)C(=O)NC(CCCCN)C(=O)NC(CC(N)=O)C(=O)NC(Cc1ccccc1)C(=O)NC(Cc1ccccc1)C(=O)NC(Cc1c[nH]c2ccccc12)C(=O)O. The summed E-state index contributed by atoms with van der Waals surface area (Å²) in [6.45, 7) is 1.18. The van der Waals surface area contributed by atoms with Gasteiger partial charge in [0.2, 0.25) is 47.3 Å². The maximum Gasteiger partial charge on any atom is 0.326 e. The summed E-state index contributed by atoms with van der Waals surface area (Å²) in [4.78, 5) is 122. The van der Waals surface area contributed by atoms with Crippen molar-refractivity contribution in [1.82, 2.24) is 42.2 Å². The minimum absolute atomic E-state index is 0.00574. The Kier molecular flexibility index (Phi) is 21.6. The van der Waals surface area contributed by atoms with E-state index in [4.69, 9.17) is 17.2 Å². The topological polar surface area (TPSA) is 352 Å². The van der Waals surface area contributed by atoms with Crippen LogP contribution in [0.3, 0.4) is 0 Å². The molecule has 21 nitrogen and oxygen atoms in total. The molecule has 4 aromatic rings. The fourth-order valence-corrected chi connectivity index (χ4v) is 7.40. The molecular weight excluding hydrogens is 911 g/mol. The number of nitrogens with one attached hydrogen (secondary N) is 8. The zero-order valence-corrected chi connectivity index (χ0v) is 39.0. The van der Waals surface area contributed by atoms with Crippen LogP contribution in [0.25, 0.3) is 10.9 Å². The minimum Gasteiger partial charge on any atom is -0.480 e. The average molecular weight is 972 g/mol. The molecule has 3 aromatic carbocycles. The van der Waals surface area contributed by atoms with Crippen LogP contribution in [0.2, 0.25) is 0 Å². The largest absolute Gasteiger partial charge is 0.480 e. The van der Waals surface area contributed by atoms with Gasteiger partial charge in [-0.3, -0.25) is 38.4 Å². The Morgan fingerprint density at radius 2 is 1.10 bits per heavy atom. The van der Waals surface area contributed by atoms with Crippen molar-refractivity contribution in [3.63, 3.8) is 0 Å². The summed E-state index contributed by atoms with van der Waals surface area (Å²) in [5.41, 5.74) is 19.3. The molecule has 69 heavy (non-hydrogen) atoms. The lowest BCUT2D eigenvalue weighted by Crippen LogP contribution is -2.60. The van der Waals surface area contributed by atoms with E-state index in [1.165, 1.54) is 6.92 Å². The van der Waals surface area contributed by atoms with Crippen LogP contribution in [0.5, 0.6) is 0 Å². The van der Waals surface area contributed by atoms with Crippen LogP contribution in [-0.2, 0) is 62.4 Å². The van der Waals surface area contributed by atoms with Gasteiger partial charge in [-0.15, -0.1) is 0 Å². The van der Waals surface area contributed by atoms with Gasteiger partial charge in [-0.05, 0) is 55.5 Å². The van der Waals surface area contributed by atoms with E-state index in [2.05, 4.69) is 54.8 Å². The Bertz CT molecular complexity index is 2400. The molecule has 0 radical (unpaired) electrons. The van der Waals surface area contributed by atoms with Gasteiger partial charge in [0.15, 0.2) is 0 Å². The lowest BCUT2D eigenvalue weighted by Gasteiger charge is -2.27. The van der Waals surface area contributed by atoms with Gasteiger partial charge in [0.05, 0.1) is 19.0 Å². The van der Waals surface area contributed by atoms with Crippen LogP contribution in [0.4, 0.5) is 0 Å². The molecule has 7 unspecified atom stereocenters. The van der Waals surface area contributed by atoms with Crippen LogP contribution < -0.4 is 54.4 Å². The number of hydrogen-bond acceptors (Lipinski definition) is 12. The van der Waals surface area contributed by atoms with Crippen molar-refractivity contribution in [3.05, 3.63) is 108 Å². The zero-order chi connectivity index (χ0) is 50.5. The second-order valence-electron chi connectivity index (χ2n) is 16.4. The highest BCUT2D eigenvalue weighted by atomic mass is 32.1. The normalized spacial score (nSPS) is 14.0. The van der Waals surface area contributed by atoms with Gasteiger partial charge in [-0.1, -0.05) is 78.9 Å². The van der Waals surface area contributed by atoms with E-state index < -0.39 is 108 Å². The van der Waals surface area contributed by atoms with Crippen molar-refractivity contribution < 1.29 is 48.3 Å². The Morgan fingerprint density at radius 1 is 0.609 bits per heavy atom. The van der Waals surface area contributed by atoms with E-state index in [1.54, 1.807) is 72.9 Å². The van der Waals surface area contributed by atoms with Crippen molar-refractivity contribution in [2.24, 2.45) is 17.2 Å². The number of carboxylic acid groups (broad SMARTS) is 1. The molecule has 0 aliphatic carbocycles. The van der Waals surface area contributed by atoms with Crippen LogP contribution in [-0.4, -0.2) is 124 Å². The number of benzene rings is 3. The Balaban J connectivity index is 1.57. The number of unbranched alkanes of at least 4 members (excludes halogenated alkanes) is 1. The number of aromatic amines is 1. The molecule has 7 atom stereocenters. The third-order valence-electron chi connectivity index (χ3n) is 10.8. The van der Waals surface area contributed by atoms with Crippen molar-refractivity contribution in [1.29, 1.82) is 0 Å². The lowest BCUT2D eigenvalue weighted by molar-refractivity contribution is -0.142. The van der Waals surface area contributed by atoms with Crippen LogP contribution in [0, 0.1) is 0 Å². The molecule has 15 N–H and O–H groups in total. The summed E-state index contributed by atoms with van der Waals surface area (Å²) in [5.74, 6) is -8.33. The smallest absolute Gasteiger partial charge is 0.326 e. The molecule has 0 bridgehead atoms. The Labute approximate surface area is 404 Å². The van der Waals surface area contributed by atoms with Gasteiger partial charge in [-0.2, -0.15) is 12.6 Å². The number of aromatic nitrogens is 1. The first kappa shape index (κ1) is 54.3. The highest BCUT2D eigenvalue weighted by Gasteiger charge is 2.34. The maximum absolute atomic E-state index is 14.4. The molecule has 1 heterocycles. The standard InChI is InChI=1S/C47H61N11O10S/c1-27(49)41(61)52-25-40(60)53-38(26-69)46(66)54-33(18-10-11-19-48)42(62)57-36(23-39(50)59)45(65)56-34(20-28-12-4-2-5-13-28)43(63)55-35(21-29-14-6-3-7-15-29)44(64)58-37(47(67)68)22-30-24-51-32-17-9-8-16-31(30)32/h2-9,12-17,24,27,33-38,51,69H,10-11,18-23,25-26,48-49H2,1H3,(H2,50,59)(H,52,61)(H,53,60)(H,54,66)(H,55,63)(H,56,65)(H,57,62)(H,58,64)(H,67,68). The van der Waals surface area contributed by atoms with Gasteiger partial charge in [0.1, 0.15) is 36.3 Å². The van der Waals surface area contributed by atoms with E-state index in [1.807, 2.05) is 18.2 Å². The molecule has 4 rings (SSSR count). The second-order valence-corrected chi connectivity index (χ2v) is 16.7. The van der Waals surface area contributed by atoms with Crippen molar-refractivity contribution >= 4 is 76.8 Å². The van der Waals surface area contributed by atoms with E-state index in [9.17, 15) is 48.3 Å². The molecule has 0 spiro atoms. The second kappa shape index (κ2) is 27.5. The third-order valence-corrected chi connectivity index (χ3v) is 11.2. The molecule has 370 valence electrons. The van der Waals surface area contributed by atoms with Crippen LogP contribution >= 0.6 is 12.6 Å². The summed E-state index contributed by atoms with van der Waals surface area (Å²) >= 11 is 4.16. The number of rotatable bonds is 28. The van der Waals surface area contributed by atoms with Crippen LogP contribution in [0.15, 0.2) is 91.1 Å². The molecule has 0 saturated carbocycles. The van der Waals surface area contributed by atoms with Crippen LogP contribution in [0.1, 0.15) is 49.3 Å². The van der Waals surface area contributed by atoms with Gasteiger partial charge >= 0.3 is 5.97 Å². The number of fused-ring (bicyclic) bond motifs is 1. The van der Waals surface area contributed by atoms with E-state index in [-0.39, 0.29) is 38.0 Å².